The lowest BCUT2D eigenvalue weighted by Gasteiger charge is -2.10. The molecule has 0 aliphatic carbocycles. The predicted molar refractivity (Wildman–Crippen MR) is 58.7 cm³/mol. The number of aliphatic hydroxyl groups excluding tert-OH is 2. The average molecular weight is 284 g/mol. The fourth-order valence-electron chi connectivity index (χ4n) is 0.934. The van der Waals surface area contributed by atoms with E-state index >= 15 is 0 Å². The number of anilines is 1. The Labute approximate surface area is 104 Å². The fourth-order valence-corrected chi connectivity index (χ4v) is 1.75. The Morgan fingerprint density at radius 1 is 1.44 bits per heavy atom. The van der Waals surface area contributed by atoms with Crippen molar-refractivity contribution in [1.82, 2.24) is 9.97 Å². The largest absolute Gasteiger partial charge is 0.451 e. The summed E-state index contributed by atoms with van der Waals surface area (Å²) in [6.07, 6.45) is -5.72. The molecule has 1 rings (SSSR count). The number of nitrogens with zero attached hydrogens (tertiary/aromatic N) is 2. The molecule has 1 atom stereocenters. The Hall–Kier alpha value is -1.10. The monoisotopic (exact) mass is 284 g/mol. The van der Waals surface area contributed by atoms with Gasteiger partial charge in [0.15, 0.2) is 0 Å². The zero-order valence-corrected chi connectivity index (χ0v) is 9.79. The molecule has 0 spiro atoms. The first kappa shape index (κ1) is 15.0. The Balaban J connectivity index is 2.91. The van der Waals surface area contributed by atoms with Gasteiger partial charge in [-0.3, -0.25) is 0 Å². The van der Waals surface area contributed by atoms with Gasteiger partial charge < -0.3 is 15.6 Å². The second-order valence-electron chi connectivity index (χ2n) is 3.20. The van der Waals surface area contributed by atoms with Crippen LogP contribution in [-0.2, 0) is 6.18 Å². The molecule has 0 aromatic carbocycles. The van der Waals surface area contributed by atoms with Gasteiger partial charge in [0.1, 0.15) is 10.8 Å². The SMILES string of the molecule is NNc1cc(SCC(O)CO)nc(C(F)(F)F)n1. The van der Waals surface area contributed by atoms with E-state index in [1.54, 1.807) is 0 Å². The molecule has 10 heteroatoms. The molecule has 0 saturated carbocycles. The topological polar surface area (TPSA) is 104 Å². The van der Waals surface area contributed by atoms with Crippen LogP contribution in [0.4, 0.5) is 19.0 Å². The number of alkyl halides is 3. The number of nitrogen functional groups attached to an aromatic ring is 1. The first-order chi connectivity index (χ1) is 8.36. The first-order valence-electron chi connectivity index (χ1n) is 4.71. The van der Waals surface area contributed by atoms with E-state index in [0.717, 1.165) is 11.8 Å². The van der Waals surface area contributed by atoms with Crippen molar-refractivity contribution in [2.24, 2.45) is 5.84 Å². The zero-order chi connectivity index (χ0) is 13.8. The van der Waals surface area contributed by atoms with Gasteiger partial charge >= 0.3 is 6.18 Å². The molecule has 0 radical (unpaired) electrons. The molecule has 0 aliphatic rings. The van der Waals surface area contributed by atoms with E-state index in [0.29, 0.717) is 0 Å². The molecule has 5 N–H and O–H groups in total. The zero-order valence-electron chi connectivity index (χ0n) is 8.98. The van der Waals surface area contributed by atoms with Crippen LogP contribution in [0.2, 0.25) is 0 Å². The van der Waals surface area contributed by atoms with Crippen molar-refractivity contribution in [3.63, 3.8) is 0 Å². The highest BCUT2D eigenvalue weighted by atomic mass is 32.2. The molecule has 0 bridgehead atoms. The average Bonchev–Trinajstić information content (AvgIpc) is 2.34. The summed E-state index contributed by atoms with van der Waals surface area (Å²) in [5.74, 6) is 3.51. The van der Waals surface area contributed by atoms with Gasteiger partial charge in [0.05, 0.1) is 12.7 Å². The van der Waals surface area contributed by atoms with Crippen molar-refractivity contribution in [1.29, 1.82) is 0 Å². The van der Waals surface area contributed by atoms with Crippen LogP contribution in [0.3, 0.4) is 0 Å². The Kier molecular flexibility index (Phi) is 5.14. The van der Waals surface area contributed by atoms with E-state index in [1.165, 1.54) is 6.07 Å². The summed E-state index contributed by atoms with van der Waals surface area (Å²) in [6.45, 7) is -0.480. The maximum atomic E-state index is 12.5. The van der Waals surface area contributed by atoms with Crippen molar-refractivity contribution in [3.05, 3.63) is 11.9 Å². The van der Waals surface area contributed by atoms with Crippen LogP contribution in [0.15, 0.2) is 11.1 Å². The lowest BCUT2D eigenvalue weighted by atomic mass is 10.4. The summed E-state index contributed by atoms with van der Waals surface area (Å²) in [4.78, 5) is 6.47. The molecule has 102 valence electrons. The second-order valence-corrected chi connectivity index (χ2v) is 4.24. The van der Waals surface area contributed by atoms with Gasteiger partial charge in [-0.2, -0.15) is 13.2 Å². The number of rotatable bonds is 5. The van der Waals surface area contributed by atoms with Gasteiger partial charge in [-0.1, -0.05) is 0 Å². The lowest BCUT2D eigenvalue weighted by Crippen LogP contribution is -2.17. The molecule has 0 aliphatic heterocycles. The molecular formula is C8H11F3N4O2S. The first-order valence-corrected chi connectivity index (χ1v) is 5.70. The van der Waals surface area contributed by atoms with Gasteiger partial charge in [-0.25, -0.2) is 15.8 Å². The van der Waals surface area contributed by atoms with Crippen molar-refractivity contribution in [2.75, 3.05) is 17.8 Å². The standard InChI is InChI=1S/C8H11F3N4O2S/c9-8(10,11)7-13-5(15-12)1-6(14-7)18-3-4(17)2-16/h1,4,16-17H,2-3,12H2,(H,13,14,15). The third-order valence-corrected chi connectivity index (χ3v) is 2.79. The van der Waals surface area contributed by atoms with E-state index in [4.69, 9.17) is 16.1 Å². The molecule has 1 aromatic rings. The van der Waals surface area contributed by atoms with Crippen LogP contribution in [-0.4, -0.2) is 38.6 Å². The quantitative estimate of drug-likeness (QED) is 0.265. The summed E-state index contributed by atoms with van der Waals surface area (Å²) in [7, 11) is 0. The molecule has 0 amide bonds. The van der Waals surface area contributed by atoms with E-state index in [2.05, 4.69) is 9.97 Å². The van der Waals surface area contributed by atoms with Crippen molar-refractivity contribution in [3.8, 4) is 0 Å². The predicted octanol–water partition coefficient (Wildman–Crippen LogP) is 0.226. The van der Waals surface area contributed by atoms with Crippen molar-refractivity contribution >= 4 is 17.6 Å². The second kappa shape index (κ2) is 6.18. The minimum absolute atomic E-state index is 0.00206. The number of nitrogens with one attached hydrogen (secondary N) is 1. The van der Waals surface area contributed by atoms with Crippen LogP contribution in [0, 0.1) is 0 Å². The minimum Gasteiger partial charge on any atom is -0.394 e. The van der Waals surface area contributed by atoms with E-state index in [9.17, 15) is 13.2 Å². The number of thioether (sulfide) groups is 1. The number of hydrogen-bond acceptors (Lipinski definition) is 7. The van der Waals surface area contributed by atoms with Crippen LogP contribution in [0.1, 0.15) is 5.82 Å². The van der Waals surface area contributed by atoms with Gasteiger partial charge in [-0.05, 0) is 0 Å². The lowest BCUT2D eigenvalue weighted by molar-refractivity contribution is -0.145. The Bertz CT molecular complexity index is 404. The Morgan fingerprint density at radius 3 is 2.61 bits per heavy atom. The normalized spacial score (nSPS) is 13.4. The van der Waals surface area contributed by atoms with Crippen LogP contribution < -0.4 is 11.3 Å². The van der Waals surface area contributed by atoms with Crippen molar-refractivity contribution < 1.29 is 23.4 Å². The highest BCUT2D eigenvalue weighted by molar-refractivity contribution is 7.99. The smallest absolute Gasteiger partial charge is 0.394 e. The summed E-state index contributed by atoms with van der Waals surface area (Å²) in [5, 5.41) is 17.7. The third-order valence-electron chi connectivity index (χ3n) is 1.74. The number of halogens is 3. The fraction of sp³-hybridized carbons (Fsp3) is 0.500. The number of hydrazine groups is 1. The molecular weight excluding hydrogens is 273 g/mol. The van der Waals surface area contributed by atoms with Gasteiger partial charge in [0.25, 0.3) is 0 Å². The van der Waals surface area contributed by atoms with Crippen LogP contribution in [0.5, 0.6) is 0 Å². The molecule has 1 heterocycles. The molecule has 0 fully saturated rings. The maximum Gasteiger partial charge on any atom is 0.451 e. The highest BCUT2D eigenvalue weighted by Crippen LogP contribution is 2.29. The number of hydrogen-bond donors (Lipinski definition) is 4. The highest BCUT2D eigenvalue weighted by Gasteiger charge is 2.35. The molecule has 6 nitrogen and oxygen atoms in total. The number of nitrogens with two attached hydrogens (primary N) is 1. The maximum absolute atomic E-state index is 12.5. The third kappa shape index (κ3) is 4.29. The molecule has 18 heavy (non-hydrogen) atoms. The van der Waals surface area contributed by atoms with Crippen LogP contribution >= 0.6 is 11.8 Å². The minimum atomic E-state index is -4.68. The van der Waals surface area contributed by atoms with Crippen LogP contribution in [0.25, 0.3) is 0 Å². The van der Waals surface area contributed by atoms with E-state index in [1.807, 2.05) is 5.43 Å². The number of aliphatic hydroxyl groups is 2. The summed E-state index contributed by atoms with van der Waals surface area (Å²) in [6, 6.07) is 1.21. The van der Waals surface area contributed by atoms with Gasteiger partial charge in [0.2, 0.25) is 5.82 Å². The summed E-state index contributed by atoms with van der Waals surface area (Å²) in [5.41, 5.74) is 2.01. The molecule has 1 unspecified atom stereocenters. The summed E-state index contributed by atoms with van der Waals surface area (Å²) < 4.78 is 37.4. The van der Waals surface area contributed by atoms with Gasteiger partial charge in [-0.15, -0.1) is 11.8 Å². The Morgan fingerprint density at radius 2 is 2.11 bits per heavy atom. The number of aromatic nitrogens is 2. The molecule has 1 aromatic heterocycles. The molecule has 0 saturated heterocycles. The van der Waals surface area contributed by atoms with Crippen molar-refractivity contribution in [2.45, 2.75) is 17.3 Å². The van der Waals surface area contributed by atoms with E-state index in [-0.39, 0.29) is 16.6 Å². The van der Waals surface area contributed by atoms with E-state index < -0.39 is 24.7 Å². The van der Waals surface area contributed by atoms with Gasteiger partial charge in [0, 0.05) is 11.8 Å². The summed E-state index contributed by atoms with van der Waals surface area (Å²) >= 11 is 0.856.